The van der Waals surface area contributed by atoms with Gasteiger partial charge in [0.15, 0.2) is 0 Å². The van der Waals surface area contributed by atoms with E-state index in [1.807, 2.05) is 35.2 Å². The Morgan fingerprint density at radius 2 is 1.60 bits per heavy atom. The summed E-state index contributed by atoms with van der Waals surface area (Å²) in [6.07, 6.45) is 0. The van der Waals surface area contributed by atoms with Gasteiger partial charge in [0.25, 0.3) is 5.91 Å². The normalized spacial score (nSPS) is 15.3. The van der Waals surface area contributed by atoms with Crippen molar-refractivity contribution in [3.63, 3.8) is 0 Å². The standard InChI is InChI=1S/C22H25ClN4O3/c1-16(20(28)25-22(30)24-15-17-5-3-2-4-6-17)26-11-13-27(14-12-26)21(29)18-7-9-19(23)10-8-18/h2-10,16H,11-15H2,1H3,(H2,24,25,28,30)/t16-/m0/s1. The lowest BCUT2D eigenvalue weighted by molar-refractivity contribution is -0.125. The average Bonchev–Trinajstić information content (AvgIpc) is 2.78. The van der Waals surface area contributed by atoms with Crippen molar-refractivity contribution in [3.8, 4) is 0 Å². The van der Waals surface area contributed by atoms with Crippen LogP contribution in [0.1, 0.15) is 22.8 Å². The molecule has 158 valence electrons. The number of carbonyl (C=O) groups excluding carboxylic acids is 3. The molecule has 0 aliphatic carbocycles. The Bertz CT molecular complexity index is 881. The SMILES string of the molecule is C[C@@H](C(=O)NC(=O)NCc1ccccc1)N1CCN(C(=O)c2ccc(Cl)cc2)CC1. The molecule has 7 nitrogen and oxygen atoms in total. The van der Waals surface area contributed by atoms with E-state index in [1.165, 1.54) is 0 Å². The molecule has 1 fully saturated rings. The molecule has 0 bridgehead atoms. The molecule has 1 heterocycles. The summed E-state index contributed by atoms with van der Waals surface area (Å²) in [4.78, 5) is 40.8. The second-order valence-corrected chi connectivity index (χ2v) is 7.60. The first-order valence-electron chi connectivity index (χ1n) is 9.85. The molecule has 4 amide bonds. The van der Waals surface area contributed by atoms with E-state index in [1.54, 1.807) is 36.1 Å². The number of hydrogen-bond donors (Lipinski definition) is 2. The monoisotopic (exact) mass is 428 g/mol. The van der Waals surface area contributed by atoms with Gasteiger partial charge in [0.1, 0.15) is 0 Å². The highest BCUT2D eigenvalue weighted by atomic mass is 35.5. The van der Waals surface area contributed by atoms with Gasteiger partial charge in [-0.1, -0.05) is 41.9 Å². The van der Waals surface area contributed by atoms with Gasteiger partial charge in [0.05, 0.1) is 6.04 Å². The maximum absolute atomic E-state index is 12.6. The van der Waals surface area contributed by atoms with E-state index in [2.05, 4.69) is 10.6 Å². The van der Waals surface area contributed by atoms with Crippen LogP contribution in [0.15, 0.2) is 54.6 Å². The number of rotatable bonds is 5. The van der Waals surface area contributed by atoms with E-state index in [9.17, 15) is 14.4 Å². The first kappa shape index (κ1) is 21.8. The Kier molecular flexibility index (Phi) is 7.43. The second kappa shape index (κ2) is 10.2. The summed E-state index contributed by atoms with van der Waals surface area (Å²) >= 11 is 5.87. The quantitative estimate of drug-likeness (QED) is 0.766. The highest BCUT2D eigenvalue weighted by molar-refractivity contribution is 6.30. The molecule has 2 N–H and O–H groups in total. The number of nitrogens with one attached hydrogen (secondary N) is 2. The highest BCUT2D eigenvalue weighted by Crippen LogP contribution is 2.14. The van der Waals surface area contributed by atoms with Crippen molar-refractivity contribution < 1.29 is 14.4 Å². The van der Waals surface area contributed by atoms with Crippen LogP contribution in [0.4, 0.5) is 4.79 Å². The molecule has 1 aliphatic rings. The number of urea groups is 1. The molecule has 3 rings (SSSR count). The molecule has 1 atom stereocenters. The van der Waals surface area contributed by atoms with Gasteiger partial charge in [-0.3, -0.25) is 19.8 Å². The lowest BCUT2D eigenvalue weighted by atomic mass is 10.1. The zero-order valence-electron chi connectivity index (χ0n) is 16.8. The number of hydrogen-bond acceptors (Lipinski definition) is 4. The van der Waals surface area contributed by atoms with E-state index >= 15 is 0 Å². The van der Waals surface area contributed by atoms with E-state index < -0.39 is 12.1 Å². The van der Waals surface area contributed by atoms with Crippen molar-refractivity contribution in [2.24, 2.45) is 0 Å². The van der Waals surface area contributed by atoms with Crippen LogP contribution >= 0.6 is 11.6 Å². The van der Waals surface area contributed by atoms with Crippen LogP contribution < -0.4 is 10.6 Å². The Morgan fingerprint density at radius 3 is 2.23 bits per heavy atom. The van der Waals surface area contributed by atoms with Crippen molar-refractivity contribution >= 4 is 29.4 Å². The van der Waals surface area contributed by atoms with Crippen molar-refractivity contribution in [1.82, 2.24) is 20.4 Å². The fraction of sp³-hybridized carbons (Fsp3) is 0.318. The third-order valence-electron chi connectivity index (χ3n) is 5.15. The van der Waals surface area contributed by atoms with Crippen molar-refractivity contribution in [1.29, 1.82) is 0 Å². The van der Waals surface area contributed by atoms with Crippen LogP contribution in [0.2, 0.25) is 5.02 Å². The average molecular weight is 429 g/mol. The van der Waals surface area contributed by atoms with E-state index in [0.29, 0.717) is 43.3 Å². The van der Waals surface area contributed by atoms with E-state index in [-0.39, 0.29) is 11.8 Å². The van der Waals surface area contributed by atoms with Gasteiger partial charge in [0.2, 0.25) is 5.91 Å². The van der Waals surface area contributed by atoms with Crippen LogP contribution in [-0.4, -0.2) is 59.9 Å². The van der Waals surface area contributed by atoms with Gasteiger partial charge in [-0.05, 0) is 36.8 Å². The third kappa shape index (κ3) is 5.81. The molecule has 8 heteroatoms. The molecule has 1 aliphatic heterocycles. The molecular weight excluding hydrogens is 404 g/mol. The van der Waals surface area contributed by atoms with Crippen molar-refractivity contribution in [2.75, 3.05) is 26.2 Å². The topological polar surface area (TPSA) is 81.8 Å². The first-order valence-corrected chi connectivity index (χ1v) is 10.2. The summed E-state index contributed by atoms with van der Waals surface area (Å²) in [5.41, 5.74) is 1.54. The number of nitrogens with zero attached hydrogens (tertiary/aromatic N) is 2. The molecule has 0 aromatic heterocycles. The largest absolute Gasteiger partial charge is 0.336 e. The van der Waals surface area contributed by atoms with Crippen LogP contribution in [0, 0.1) is 0 Å². The minimum atomic E-state index is -0.521. The zero-order valence-corrected chi connectivity index (χ0v) is 17.6. The van der Waals surface area contributed by atoms with Crippen LogP contribution in [0.3, 0.4) is 0 Å². The van der Waals surface area contributed by atoms with E-state index in [4.69, 9.17) is 11.6 Å². The number of halogens is 1. The van der Waals surface area contributed by atoms with E-state index in [0.717, 1.165) is 5.56 Å². The Labute approximate surface area is 181 Å². The predicted octanol–water partition coefficient (Wildman–Crippen LogP) is 2.51. The van der Waals surface area contributed by atoms with Gasteiger partial charge in [-0.15, -0.1) is 0 Å². The molecule has 0 spiro atoms. The Hall–Kier alpha value is -2.90. The molecule has 1 saturated heterocycles. The minimum Gasteiger partial charge on any atom is -0.336 e. The number of imide groups is 1. The zero-order chi connectivity index (χ0) is 21.5. The van der Waals surface area contributed by atoms with Gasteiger partial charge in [-0.2, -0.15) is 0 Å². The molecule has 2 aromatic rings. The first-order chi connectivity index (χ1) is 14.4. The van der Waals surface area contributed by atoms with Gasteiger partial charge in [-0.25, -0.2) is 4.79 Å². The van der Waals surface area contributed by atoms with Crippen LogP contribution in [0.5, 0.6) is 0 Å². The van der Waals surface area contributed by atoms with Gasteiger partial charge >= 0.3 is 6.03 Å². The maximum Gasteiger partial charge on any atom is 0.321 e. The van der Waals surface area contributed by atoms with Gasteiger partial charge in [0, 0.05) is 43.3 Å². The lowest BCUT2D eigenvalue weighted by Crippen LogP contribution is -2.56. The summed E-state index contributed by atoms with van der Waals surface area (Å²) in [5.74, 6) is -0.415. The Balaban J connectivity index is 1.44. The second-order valence-electron chi connectivity index (χ2n) is 7.17. The fourth-order valence-electron chi connectivity index (χ4n) is 3.29. The number of piperazine rings is 1. The Morgan fingerprint density at radius 1 is 0.967 bits per heavy atom. The summed E-state index contributed by atoms with van der Waals surface area (Å²) in [6.45, 7) is 4.24. The number of benzene rings is 2. The van der Waals surface area contributed by atoms with Gasteiger partial charge < -0.3 is 10.2 Å². The van der Waals surface area contributed by atoms with Crippen LogP contribution in [-0.2, 0) is 11.3 Å². The van der Waals surface area contributed by atoms with Crippen molar-refractivity contribution in [3.05, 3.63) is 70.7 Å². The fourth-order valence-corrected chi connectivity index (χ4v) is 3.42. The molecule has 0 radical (unpaired) electrons. The number of carbonyl (C=O) groups is 3. The lowest BCUT2D eigenvalue weighted by Gasteiger charge is -2.37. The minimum absolute atomic E-state index is 0.0521. The summed E-state index contributed by atoms with van der Waals surface area (Å²) < 4.78 is 0. The summed E-state index contributed by atoms with van der Waals surface area (Å²) in [6, 6.07) is 15.3. The molecule has 2 aromatic carbocycles. The summed E-state index contributed by atoms with van der Waals surface area (Å²) in [5, 5.41) is 5.66. The molecule has 0 saturated carbocycles. The molecule has 0 unspecified atom stereocenters. The third-order valence-corrected chi connectivity index (χ3v) is 5.40. The van der Waals surface area contributed by atoms with Crippen LogP contribution in [0.25, 0.3) is 0 Å². The number of amides is 4. The smallest absolute Gasteiger partial charge is 0.321 e. The predicted molar refractivity (Wildman–Crippen MR) is 115 cm³/mol. The summed E-state index contributed by atoms with van der Waals surface area (Å²) in [7, 11) is 0. The highest BCUT2D eigenvalue weighted by Gasteiger charge is 2.28. The molecule has 30 heavy (non-hydrogen) atoms. The molecular formula is C22H25ClN4O3. The maximum atomic E-state index is 12.6. The van der Waals surface area contributed by atoms with Crippen molar-refractivity contribution in [2.45, 2.75) is 19.5 Å².